The summed E-state index contributed by atoms with van der Waals surface area (Å²) >= 11 is 0. The van der Waals surface area contributed by atoms with Crippen LogP contribution in [0.2, 0.25) is 0 Å². The number of carbonyl (C=O) groups is 1. The summed E-state index contributed by atoms with van der Waals surface area (Å²) in [4.78, 5) is 28.0. The zero-order valence-corrected chi connectivity index (χ0v) is 13.9. The number of amides is 1. The van der Waals surface area contributed by atoms with Gasteiger partial charge in [-0.15, -0.1) is 0 Å². The van der Waals surface area contributed by atoms with Gasteiger partial charge >= 0.3 is 0 Å². The third-order valence-corrected chi connectivity index (χ3v) is 5.62. The molecule has 0 spiro atoms. The van der Waals surface area contributed by atoms with Crippen molar-refractivity contribution in [1.29, 1.82) is 0 Å². The van der Waals surface area contributed by atoms with Gasteiger partial charge in [-0.2, -0.15) is 0 Å². The number of fused-ring (bicyclic) bond motifs is 2. The lowest BCUT2D eigenvalue weighted by molar-refractivity contribution is -0.131. The van der Waals surface area contributed by atoms with Gasteiger partial charge in [0, 0.05) is 38.8 Å². The molecule has 3 heterocycles. The molecular weight excluding hydrogens is 306 g/mol. The molecule has 7 nitrogen and oxygen atoms in total. The molecule has 0 bridgehead atoms. The number of aliphatic hydroxyl groups excluding tert-OH is 1. The van der Waals surface area contributed by atoms with Gasteiger partial charge in [0.15, 0.2) is 0 Å². The van der Waals surface area contributed by atoms with E-state index in [0.29, 0.717) is 17.9 Å². The van der Waals surface area contributed by atoms with Crippen molar-refractivity contribution >= 4 is 22.8 Å². The Labute approximate surface area is 140 Å². The van der Waals surface area contributed by atoms with Crippen LogP contribution in [0, 0.1) is 11.8 Å². The van der Waals surface area contributed by atoms with Gasteiger partial charge in [0.25, 0.3) is 0 Å². The molecule has 2 fully saturated rings. The van der Waals surface area contributed by atoms with Crippen molar-refractivity contribution in [1.82, 2.24) is 19.9 Å². The number of hydrogen-bond acceptors (Lipinski definition) is 5. The molecule has 1 aliphatic heterocycles. The Morgan fingerprint density at radius 2 is 2.12 bits per heavy atom. The molecule has 0 radical (unpaired) electrons. The monoisotopic (exact) mass is 329 g/mol. The SMILES string of the molecule is CN(c1ncnc2[nH]ccc12)[C@@H]1C[C@@H]2CN(C(=O)CCO)C[C@@H]2C1. The van der Waals surface area contributed by atoms with E-state index in [1.807, 2.05) is 17.2 Å². The molecular formula is C17H23N5O2. The number of carbonyl (C=O) groups excluding carboxylic acids is 1. The molecule has 2 aliphatic rings. The average molecular weight is 329 g/mol. The molecule has 128 valence electrons. The Hall–Kier alpha value is -2.15. The van der Waals surface area contributed by atoms with Crippen LogP contribution in [0.1, 0.15) is 19.3 Å². The second-order valence-electron chi connectivity index (χ2n) is 6.97. The van der Waals surface area contributed by atoms with E-state index in [1.165, 1.54) is 0 Å². The van der Waals surface area contributed by atoms with Crippen LogP contribution in [0.4, 0.5) is 5.82 Å². The van der Waals surface area contributed by atoms with Gasteiger partial charge in [-0.25, -0.2) is 9.97 Å². The fraction of sp³-hybridized carbons (Fsp3) is 0.588. The maximum atomic E-state index is 12.0. The largest absolute Gasteiger partial charge is 0.396 e. The lowest BCUT2D eigenvalue weighted by Crippen LogP contribution is -2.34. The molecule has 0 aromatic carbocycles. The first-order valence-corrected chi connectivity index (χ1v) is 8.57. The fourth-order valence-corrected chi connectivity index (χ4v) is 4.35. The zero-order chi connectivity index (χ0) is 16.7. The maximum absolute atomic E-state index is 12.0. The highest BCUT2D eigenvalue weighted by molar-refractivity contribution is 5.87. The standard InChI is InChI=1S/C17H23N5O2/c1-21(17-14-2-4-18-16(14)19-10-20-17)13-6-11-8-22(9-12(11)7-13)15(24)3-5-23/h2,4,10-13,23H,3,5-9H2,1H3,(H,18,19,20)/t11-,12+,13-. The maximum Gasteiger partial charge on any atom is 0.224 e. The predicted molar refractivity (Wildman–Crippen MR) is 90.6 cm³/mol. The van der Waals surface area contributed by atoms with Gasteiger partial charge in [0.05, 0.1) is 12.0 Å². The van der Waals surface area contributed by atoms with Crippen LogP contribution < -0.4 is 4.90 Å². The number of nitrogens with one attached hydrogen (secondary N) is 1. The summed E-state index contributed by atoms with van der Waals surface area (Å²) in [5.74, 6) is 2.17. The first kappa shape index (κ1) is 15.4. The van der Waals surface area contributed by atoms with Gasteiger partial charge in [-0.1, -0.05) is 0 Å². The smallest absolute Gasteiger partial charge is 0.224 e. The Bertz CT molecular complexity index is 731. The quantitative estimate of drug-likeness (QED) is 0.874. The minimum absolute atomic E-state index is 0.0591. The molecule has 2 aromatic heterocycles. The third kappa shape index (κ3) is 2.53. The molecule has 24 heavy (non-hydrogen) atoms. The van der Waals surface area contributed by atoms with Gasteiger partial charge in [-0.05, 0) is 30.7 Å². The summed E-state index contributed by atoms with van der Waals surface area (Å²) in [6.45, 7) is 1.60. The first-order valence-electron chi connectivity index (χ1n) is 8.57. The topological polar surface area (TPSA) is 85.4 Å². The Morgan fingerprint density at radius 3 is 2.83 bits per heavy atom. The summed E-state index contributed by atoms with van der Waals surface area (Å²) in [5, 5.41) is 9.99. The number of H-pyrrole nitrogens is 1. The molecule has 1 saturated heterocycles. The lowest BCUT2D eigenvalue weighted by Gasteiger charge is -2.28. The molecule has 2 aromatic rings. The van der Waals surface area contributed by atoms with Gasteiger partial charge in [0.2, 0.25) is 5.91 Å². The number of aromatic amines is 1. The molecule has 3 atom stereocenters. The second-order valence-corrected chi connectivity index (χ2v) is 6.97. The molecule has 2 N–H and O–H groups in total. The van der Waals surface area contributed by atoms with E-state index >= 15 is 0 Å². The van der Waals surface area contributed by atoms with Crippen molar-refractivity contribution < 1.29 is 9.90 Å². The van der Waals surface area contributed by atoms with E-state index in [0.717, 1.165) is 42.8 Å². The molecule has 1 amide bonds. The van der Waals surface area contributed by atoms with Crippen molar-refractivity contribution in [3.63, 3.8) is 0 Å². The van der Waals surface area contributed by atoms with Crippen LogP contribution >= 0.6 is 0 Å². The van der Waals surface area contributed by atoms with Crippen molar-refractivity contribution in [2.75, 3.05) is 31.6 Å². The molecule has 1 saturated carbocycles. The van der Waals surface area contributed by atoms with Crippen molar-refractivity contribution in [2.24, 2.45) is 11.8 Å². The lowest BCUT2D eigenvalue weighted by atomic mass is 10.0. The summed E-state index contributed by atoms with van der Waals surface area (Å²) in [5.41, 5.74) is 0.866. The van der Waals surface area contributed by atoms with Gasteiger partial charge < -0.3 is 19.9 Å². The normalized spacial score (nSPS) is 26.1. The van der Waals surface area contributed by atoms with Crippen LogP contribution in [-0.4, -0.2) is 63.7 Å². The predicted octanol–water partition coefficient (Wildman–Crippen LogP) is 1.01. The van der Waals surface area contributed by atoms with Gasteiger partial charge in [0.1, 0.15) is 17.8 Å². The number of likely N-dealkylation sites (tertiary alicyclic amines) is 1. The Balaban J connectivity index is 1.45. The van der Waals surface area contributed by atoms with E-state index in [9.17, 15) is 4.79 Å². The number of rotatable bonds is 4. The third-order valence-electron chi connectivity index (χ3n) is 5.62. The number of hydrogen-bond donors (Lipinski definition) is 2. The zero-order valence-electron chi connectivity index (χ0n) is 13.9. The van der Waals surface area contributed by atoms with Crippen molar-refractivity contribution in [3.05, 3.63) is 18.6 Å². The van der Waals surface area contributed by atoms with E-state index in [1.54, 1.807) is 6.33 Å². The molecule has 1 aliphatic carbocycles. The minimum Gasteiger partial charge on any atom is -0.396 e. The highest BCUT2D eigenvalue weighted by Gasteiger charge is 2.43. The summed E-state index contributed by atoms with van der Waals surface area (Å²) < 4.78 is 0. The van der Waals surface area contributed by atoms with E-state index in [4.69, 9.17) is 5.11 Å². The molecule has 4 rings (SSSR count). The van der Waals surface area contributed by atoms with E-state index in [-0.39, 0.29) is 18.9 Å². The van der Waals surface area contributed by atoms with Crippen LogP contribution in [0.15, 0.2) is 18.6 Å². The first-order chi connectivity index (χ1) is 11.7. The number of aromatic nitrogens is 3. The highest BCUT2D eigenvalue weighted by atomic mass is 16.3. The number of aliphatic hydroxyl groups is 1. The Kier molecular flexibility index (Phi) is 3.88. The van der Waals surface area contributed by atoms with Gasteiger partial charge in [-0.3, -0.25) is 4.79 Å². The summed E-state index contributed by atoms with van der Waals surface area (Å²) in [7, 11) is 2.11. The summed E-state index contributed by atoms with van der Waals surface area (Å²) in [6, 6.07) is 2.47. The van der Waals surface area contributed by atoms with Crippen LogP contribution in [0.25, 0.3) is 11.0 Å². The van der Waals surface area contributed by atoms with E-state index < -0.39 is 0 Å². The van der Waals surface area contributed by atoms with Crippen LogP contribution in [0.3, 0.4) is 0 Å². The average Bonchev–Trinajstić information content (AvgIpc) is 3.27. The molecule has 0 unspecified atom stereocenters. The van der Waals surface area contributed by atoms with Crippen molar-refractivity contribution in [2.45, 2.75) is 25.3 Å². The second kappa shape index (κ2) is 6.05. The summed E-state index contributed by atoms with van der Waals surface area (Å²) in [6.07, 6.45) is 5.91. The number of nitrogens with zero attached hydrogens (tertiary/aromatic N) is 4. The van der Waals surface area contributed by atoms with Crippen LogP contribution in [-0.2, 0) is 4.79 Å². The fourth-order valence-electron chi connectivity index (χ4n) is 4.35. The molecule has 7 heteroatoms. The Morgan fingerprint density at radius 1 is 1.38 bits per heavy atom. The van der Waals surface area contributed by atoms with E-state index in [2.05, 4.69) is 26.9 Å². The minimum atomic E-state index is -0.0591. The van der Waals surface area contributed by atoms with Crippen molar-refractivity contribution in [3.8, 4) is 0 Å². The number of anilines is 1. The van der Waals surface area contributed by atoms with Crippen LogP contribution in [0.5, 0.6) is 0 Å². The highest BCUT2D eigenvalue weighted by Crippen LogP contribution is 2.41.